The summed E-state index contributed by atoms with van der Waals surface area (Å²) in [5.74, 6) is -2.93. The second-order valence-corrected chi connectivity index (χ2v) is 3.43. The lowest BCUT2D eigenvalue weighted by Crippen LogP contribution is -2.03. The van der Waals surface area contributed by atoms with Crippen molar-refractivity contribution in [3.05, 3.63) is 41.6 Å². The fraction of sp³-hybridized carbons (Fsp3) is 0.0909. The van der Waals surface area contributed by atoms with E-state index in [2.05, 4.69) is 5.10 Å². The first kappa shape index (κ1) is 11.3. The fourth-order valence-corrected chi connectivity index (χ4v) is 1.61. The highest BCUT2D eigenvalue weighted by atomic mass is 19.1. The Labute approximate surface area is 95.1 Å². The molecule has 0 amide bonds. The van der Waals surface area contributed by atoms with Crippen LogP contribution in [0.15, 0.2) is 24.4 Å². The molecule has 2 aromatic rings. The Hall–Kier alpha value is -2.24. The van der Waals surface area contributed by atoms with Gasteiger partial charge in [0.25, 0.3) is 0 Å². The number of hydrogen-bond acceptors (Lipinski definition) is 2. The summed E-state index contributed by atoms with van der Waals surface area (Å²) in [6.07, 6.45) is 1.06. The van der Waals surface area contributed by atoms with Gasteiger partial charge >= 0.3 is 5.97 Å². The molecule has 2 rings (SSSR count). The quantitative estimate of drug-likeness (QED) is 0.871. The molecule has 0 atom stereocenters. The normalized spacial score (nSPS) is 10.5. The Bertz CT molecular complexity index is 573. The molecule has 0 saturated carbocycles. The number of carboxylic acid groups (broad SMARTS) is 1. The molecule has 4 nitrogen and oxygen atoms in total. The van der Waals surface area contributed by atoms with E-state index in [4.69, 9.17) is 5.11 Å². The molecule has 6 heteroatoms. The van der Waals surface area contributed by atoms with Crippen LogP contribution >= 0.6 is 0 Å². The molecule has 88 valence electrons. The first-order valence-electron chi connectivity index (χ1n) is 4.72. The van der Waals surface area contributed by atoms with Crippen molar-refractivity contribution < 1.29 is 18.7 Å². The first-order valence-corrected chi connectivity index (χ1v) is 4.72. The van der Waals surface area contributed by atoms with Crippen molar-refractivity contribution in [1.82, 2.24) is 9.78 Å². The van der Waals surface area contributed by atoms with E-state index in [1.807, 2.05) is 0 Å². The average Bonchev–Trinajstić information content (AvgIpc) is 2.61. The number of benzene rings is 1. The third-order valence-electron chi connectivity index (χ3n) is 2.37. The van der Waals surface area contributed by atoms with E-state index in [1.54, 1.807) is 0 Å². The van der Waals surface area contributed by atoms with Crippen LogP contribution in [0.3, 0.4) is 0 Å². The zero-order valence-corrected chi connectivity index (χ0v) is 8.82. The number of aromatic nitrogens is 2. The van der Waals surface area contributed by atoms with Gasteiger partial charge in [0.2, 0.25) is 0 Å². The van der Waals surface area contributed by atoms with Crippen molar-refractivity contribution in [2.45, 2.75) is 0 Å². The number of aryl methyl sites for hydroxylation is 1. The summed E-state index contributed by atoms with van der Waals surface area (Å²) in [4.78, 5) is 10.9. The van der Waals surface area contributed by atoms with Crippen molar-refractivity contribution in [3.63, 3.8) is 0 Å². The summed E-state index contributed by atoms with van der Waals surface area (Å²) >= 11 is 0. The van der Waals surface area contributed by atoms with Gasteiger partial charge < -0.3 is 5.11 Å². The van der Waals surface area contributed by atoms with Gasteiger partial charge in [-0.3, -0.25) is 4.68 Å². The Morgan fingerprint density at radius 1 is 1.35 bits per heavy atom. The van der Waals surface area contributed by atoms with Gasteiger partial charge in [0.1, 0.15) is 17.2 Å². The predicted molar refractivity (Wildman–Crippen MR) is 55.5 cm³/mol. The zero-order valence-electron chi connectivity index (χ0n) is 8.82. The van der Waals surface area contributed by atoms with Crippen LogP contribution in [0.4, 0.5) is 8.78 Å². The second-order valence-electron chi connectivity index (χ2n) is 3.43. The topological polar surface area (TPSA) is 55.1 Å². The standard InChI is InChI=1S/C11H8F2N2O2/c1-15-10(6(5-14-15)11(16)17)9-7(12)3-2-4-8(9)13/h2-5H,1H3,(H,16,17). The molecular formula is C11H8F2N2O2. The highest BCUT2D eigenvalue weighted by Crippen LogP contribution is 2.28. The molecule has 0 unspecified atom stereocenters. The average molecular weight is 238 g/mol. The number of aromatic carboxylic acids is 1. The summed E-state index contributed by atoms with van der Waals surface area (Å²) in [5, 5.41) is 12.6. The molecule has 0 fully saturated rings. The van der Waals surface area contributed by atoms with E-state index in [9.17, 15) is 13.6 Å². The SMILES string of the molecule is Cn1ncc(C(=O)O)c1-c1c(F)cccc1F. The van der Waals surface area contributed by atoms with Crippen LogP contribution < -0.4 is 0 Å². The van der Waals surface area contributed by atoms with E-state index < -0.39 is 17.6 Å². The van der Waals surface area contributed by atoms with Crippen LogP contribution in [0, 0.1) is 11.6 Å². The molecule has 1 N–H and O–H groups in total. The van der Waals surface area contributed by atoms with Crippen LogP contribution in [0.1, 0.15) is 10.4 Å². The zero-order chi connectivity index (χ0) is 12.6. The highest BCUT2D eigenvalue weighted by molar-refractivity contribution is 5.94. The number of carboxylic acids is 1. The van der Waals surface area contributed by atoms with Gasteiger partial charge in [-0.15, -0.1) is 0 Å². The summed E-state index contributed by atoms with van der Waals surface area (Å²) in [6.45, 7) is 0. The largest absolute Gasteiger partial charge is 0.478 e. The van der Waals surface area contributed by atoms with Crippen molar-refractivity contribution in [1.29, 1.82) is 0 Å². The lowest BCUT2D eigenvalue weighted by Gasteiger charge is -2.06. The first-order chi connectivity index (χ1) is 8.02. The lowest BCUT2D eigenvalue weighted by atomic mass is 10.1. The monoisotopic (exact) mass is 238 g/mol. The highest BCUT2D eigenvalue weighted by Gasteiger charge is 2.22. The second kappa shape index (κ2) is 3.97. The minimum atomic E-state index is -1.28. The molecule has 0 spiro atoms. The van der Waals surface area contributed by atoms with Gasteiger partial charge in [0.15, 0.2) is 0 Å². The van der Waals surface area contributed by atoms with E-state index in [1.165, 1.54) is 13.1 Å². The Morgan fingerprint density at radius 2 is 1.94 bits per heavy atom. The van der Waals surface area contributed by atoms with E-state index in [0.29, 0.717) is 0 Å². The minimum absolute atomic E-state index is 0.0897. The predicted octanol–water partition coefficient (Wildman–Crippen LogP) is 2.06. The third-order valence-corrected chi connectivity index (χ3v) is 2.37. The van der Waals surface area contributed by atoms with E-state index >= 15 is 0 Å². The maximum atomic E-state index is 13.6. The maximum absolute atomic E-state index is 13.6. The van der Waals surface area contributed by atoms with Crippen LogP contribution in [0.5, 0.6) is 0 Å². The Morgan fingerprint density at radius 3 is 2.47 bits per heavy atom. The van der Waals surface area contributed by atoms with Crippen molar-refractivity contribution in [2.24, 2.45) is 7.05 Å². The van der Waals surface area contributed by atoms with Gasteiger partial charge in [-0.25, -0.2) is 13.6 Å². The Balaban J connectivity index is 2.76. The van der Waals surface area contributed by atoms with Crippen LogP contribution in [-0.4, -0.2) is 20.9 Å². The molecule has 0 aliphatic rings. The maximum Gasteiger partial charge on any atom is 0.339 e. The molecule has 0 saturated heterocycles. The van der Waals surface area contributed by atoms with Crippen LogP contribution in [0.2, 0.25) is 0 Å². The molecule has 0 bridgehead atoms. The number of hydrogen-bond donors (Lipinski definition) is 1. The van der Waals surface area contributed by atoms with E-state index in [0.717, 1.165) is 23.0 Å². The number of nitrogens with zero attached hydrogens (tertiary/aromatic N) is 2. The smallest absolute Gasteiger partial charge is 0.339 e. The van der Waals surface area contributed by atoms with Crippen molar-refractivity contribution in [3.8, 4) is 11.3 Å². The lowest BCUT2D eigenvalue weighted by molar-refractivity contribution is 0.0697. The minimum Gasteiger partial charge on any atom is -0.478 e. The van der Waals surface area contributed by atoms with Crippen molar-refractivity contribution >= 4 is 5.97 Å². The van der Waals surface area contributed by atoms with Gasteiger partial charge in [0.05, 0.1) is 17.5 Å². The molecule has 0 radical (unpaired) electrons. The Kier molecular flexibility index (Phi) is 2.63. The number of carbonyl (C=O) groups is 1. The summed E-state index contributed by atoms with van der Waals surface area (Å²) < 4.78 is 28.3. The molecule has 1 heterocycles. The molecular weight excluding hydrogens is 230 g/mol. The van der Waals surface area contributed by atoms with E-state index in [-0.39, 0.29) is 16.8 Å². The molecule has 0 aliphatic carbocycles. The number of halogens is 2. The van der Waals surface area contributed by atoms with Gasteiger partial charge in [0, 0.05) is 7.05 Å². The van der Waals surface area contributed by atoms with Crippen LogP contribution in [0.25, 0.3) is 11.3 Å². The fourth-order valence-electron chi connectivity index (χ4n) is 1.61. The molecule has 1 aromatic heterocycles. The molecule has 17 heavy (non-hydrogen) atoms. The van der Waals surface area contributed by atoms with Gasteiger partial charge in [-0.05, 0) is 12.1 Å². The van der Waals surface area contributed by atoms with Gasteiger partial charge in [-0.2, -0.15) is 5.10 Å². The summed E-state index contributed by atoms with van der Waals surface area (Å²) in [6, 6.07) is 3.35. The number of rotatable bonds is 2. The molecule has 1 aromatic carbocycles. The summed E-state index contributed by atoms with van der Waals surface area (Å²) in [5.41, 5.74) is -0.713. The summed E-state index contributed by atoms with van der Waals surface area (Å²) in [7, 11) is 1.42. The van der Waals surface area contributed by atoms with Gasteiger partial charge in [-0.1, -0.05) is 6.07 Å². The molecule has 0 aliphatic heterocycles. The third kappa shape index (κ3) is 1.77. The van der Waals surface area contributed by atoms with Crippen LogP contribution in [-0.2, 0) is 7.05 Å². The van der Waals surface area contributed by atoms with Crippen molar-refractivity contribution in [2.75, 3.05) is 0 Å².